The minimum atomic E-state index is 0.176. The van der Waals surface area contributed by atoms with Crippen LogP contribution >= 0.6 is 0 Å². The molecule has 2 N–H and O–H groups in total. The topological polar surface area (TPSA) is 49.2 Å². The maximum absolute atomic E-state index is 9.56. The number of fused-ring (bicyclic) bond motifs is 3. The van der Waals surface area contributed by atoms with E-state index in [1.807, 2.05) is 18.3 Å². The lowest BCUT2D eigenvalue weighted by atomic mass is 10.1. The van der Waals surface area contributed by atoms with Crippen molar-refractivity contribution in [2.45, 2.75) is 0 Å². The summed E-state index contributed by atoms with van der Waals surface area (Å²) in [6.07, 6.45) is 3.42. The first kappa shape index (κ1) is 6.60. The normalized spacial score (nSPS) is 11.4. The van der Waals surface area contributed by atoms with Crippen molar-refractivity contribution in [3.8, 4) is 5.75 Å². The number of hydrogen-bond acceptors (Lipinski definition) is 2. The second kappa shape index (κ2) is 2.07. The monoisotopic (exact) mass is 173 g/mol. The first-order chi connectivity index (χ1) is 6.36. The second-order valence-electron chi connectivity index (χ2n) is 3.00. The Balaban J connectivity index is 2.70. The molecule has 0 amide bonds. The molecule has 0 saturated carbocycles. The van der Waals surface area contributed by atoms with Crippen LogP contribution in [0, 0.1) is 0 Å². The van der Waals surface area contributed by atoms with Gasteiger partial charge in [-0.1, -0.05) is 0 Å². The van der Waals surface area contributed by atoms with Crippen molar-refractivity contribution in [2.24, 2.45) is 0 Å². The SMILES string of the molecule is Oc1cc2[nH]ccc2c2ccoc12. The summed E-state index contributed by atoms with van der Waals surface area (Å²) in [6, 6.07) is 5.49. The molecule has 13 heavy (non-hydrogen) atoms. The van der Waals surface area contributed by atoms with Gasteiger partial charge in [0.25, 0.3) is 0 Å². The highest BCUT2D eigenvalue weighted by atomic mass is 16.3. The lowest BCUT2D eigenvalue weighted by Gasteiger charge is -1.95. The third-order valence-corrected chi connectivity index (χ3v) is 2.25. The number of hydrogen-bond donors (Lipinski definition) is 2. The Hall–Kier alpha value is -1.90. The van der Waals surface area contributed by atoms with E-state index in [0.717, 1.165) is 16.3 Å². The standard InChI is InChI=1S/C10H7NO2/c12-9-5-8-6(1-3-11-8)7-2-4-13-10(7)9/h1-5,11-12H. The molecule has 3 aromatic rings. The Labute approximate surface area is 73.6 Å². The molecule has 3 rings (SSSR count). The average molecular weight is 173 g/mol. The van der Waals surface area contributed by atoms with Crippen LogP contribution in [0.5, 0.6) is 5.75 Å². The third-order valence-electron chi connectivity index (χ3n) is 2.25. The van der Waals surface area contributed by atoms with E-state index in [4.69, 9.17) is 4.42 Å². The van der Waals surface area contributed by atoms with Gasteiger partial charge in [-0.2, -0.15) is 0 Å². The summed E-state index contributed by atoms with van der Waals surface area (Å²) < 4.78 is 5.16. The lowest BCUT2D eigenvalue weighted by molar-refractivity contribution is 0.465. The zero-order valence-corrected chi connectivity index (χ0v) is 6.74. The molecular weight excluding hydrogens is 166 g/mol. The number of furan rings is 1. The number of H-pyrrole nitrogens is 1. The number of aromatic hydroxyl groups is 1. The van der Waals surface area contributed by atoms with Crippen molar-refractivity contribution in [1.82, 2.24) is 4.98 Å². The molecule has 0 unspecified atom stereocenters. The molecule has 1 aromatic carbocycles. The zero-order valence-electron chi connectivity index (χ0n) is 6.74. The van der Waals surface area contributed by atoms with Crippen LogP contribution in [-0.2, 0) is 0 Å². The van der Waals surface area contributed by atoms with Crippen LogP contribution in [0.3, 0.4) is 0 Å². The Kier molecular flexibility index (Phi) is 1.05. The highest BCUT2D eigenvalue weighted by Gasteiger charge is 2.08. The van der Waals surface area contributed by atoms with Crippen LogP contribution < -0.4 is 0 Å². The van der Waals surface area contributed by atoms with Crippen LogP contribution in [0.4, 0.5) is 0 Å². The number of benzene rings is 1. The Morgan fingerprint density at radius 3 is 3.08 bits per heavy atom. The summed E-state index contributed by atoms with van der Waals surface area (Å²) in [5.41, 5.74) is 1.47. The van der Waals surface area contributed by atoms with Gasteiger partial charge in [-0.15, -0.1) is 0 Å². The van der Waals surface area contributed by atoms with E-state index in [-0.39, 0.29) is 5.75 Å². The average Bonchev–Trinajstić information content (AvgIpc) is 2.66. The minimum absolute atomic E-state index is 0.176. The number of rotatable bonds is 0. The summed E-state index contributed by atoms with van der Waals surface area (Å²) in [7, 11) is 0. The lowest BCUT2D eigenvalue weighted by Crippen LogP contribution is -1.70. The smallest absolute Gasteiger partial charge is 0.176 e. The van der Waals surface area contributed by atoms with Crippen molar-refractivity contribution in [3.05, 3.63) is 30.7 Å². The van der Waals surface area contributed by atoms with E-state index in [1.54, 1.807) is 12.3 Å². The van der Waals surface area contributed by atoms with Gasteiger partial charge in [-0.25, -0.2) is 0 Å². The number of aromatic nitrogens is 1. The molecule has 0 atom stereocenters. The van der Waals surface area contributed by atoms with Gasteiger partial charge < -0.3 is 14.5 Å². The molecule has 0 spiro atoms. The van der Waals surface area contributed by atoms with Crippen LogP contribution in [0.15, 0.2) is 35.1 Å². The van der Waals surface area contributed by atoms with Crippen molar-refractivity contribution in [3.63, 3.8) is 0 Å². The van der Waals surface area contributed by atoms with Gasteiger partial charge in [-0.05, 0) is 12.1 Å². The van der Waals surface area contributed by atoms with E-state index in [2.05, 4.69) is 4.98 Å². The van der Waals surface area contributed by atoms with E-state index in [0.29, 0.717) is 5.58 Å². The van der Waals surface area contributed by atoms with E-state index in [1.165, 1.54) is 0 Å². The molecule has 2 aromatic heterocycles. The number of phenolic OH excluding ortho intramolecular Hbond substituents is 1. The number of aromatic amines is 1. The Morgan fingerprint density at radius 1 is 1.23 bits per heavy atom. The second-order valence-corrected chi connectivity index (χ2v) is 3.00. The Bertz CT molecular complexity index is 577. The molecular formula is C10H7NO2. The Morgan fingerprint density at radius 2 is 2.15 bits per heavy atom. The summed E-state index contributed by atoms with van der Waals surface area (Å²) in [4.78, 5) is 3.04. The predicted octanol–water partition coefficient (Wildman–Crippen LogP) is 2.62. The summed E-state index contributed by atoms with van der Waals surface area (Å²) in [5.74, 6) is 0.176. The molecule has 0 aliphatic heterocycles. The zero-order chi connectivity index (χ0) is 8.84. The molecule has 64 valence electrons. The predicted molar refractivity (Wildman–Crippen MR) is 49.7 cm³/mol. The van der Waals surface area contributed by atoms with Gasteiger partial charge in [0, 0.05) is 28.6 Å². The largest absolute Gasteiger partial charge is 0.504 e. The summed E-state index contributed by atoms with van der Waals surface area (Å²) in [5, 5.41) is 11.6. The van der Waals surface area contributed by atoms with Gasteiger partial charge in [0.15, 0.2) is 11.3 Å². The van der Waals surface area contributed by atoms with E-state index < -0.39 is 0 Å². The van der Waals surface area contributed by atoms with Crippen LogP contribution in [0.25, 0.3) is 21.9 Å². The first-order valence-corrected chi connectivity index (χ1v) is 4.02. The molecule has 0 bridgehead atoms. The maximum atomic E-state index is 9.56. The summed E-state index contributed by atoms with van der Waals surface area (Å²) >= 11 is 0. The molecule has 3 heteroatoms. The highest BCUT2D eigenvalue weighted by Crippen LogP contribution is 2.32. The minimum Gasteiger partial charge on any atom is -0.504 e. The highest BCUT2D eigenvalue weighted by molar-refractivity contribution is 6.07. The molecule has 0 saturated heterocycles. The van der Waals surface area contributed by atoms with Crippen molar-refractivity contribution >= 4 is 21.9 Å². The molecule has 0 aliphatic carbocycles. The molecule has 0 radical (unpaired) electrons. The van der Waals surface area contributed by atoms with Crippen LogP contribution in [0.1, 0.15) is 0 Å². The number of phenols is 1. The van der Waals surface area contributed by atoms with Crippen molar-refractivity contribution in [1.29, 1.82) is 0 Å². The first-order valence-electron chi connectivity index (χ1n) is 4.02. The summed E-state index contributed by atoms with van der Waals surface area (Å²) in [6.45, 7) is 0. The fourth-order valence-electron chi connectivity index (χ4n) is 1.66. The fraction of sp³-hybridized carbons (Fsp3) is 0. The molecule has 0 aliphatic rings. The maximum Gasteiger partial charge on any atom is 0.176 e. The van der Waals surface area contributed by atoms with Gasteiger partial charge >= 0.3 is 0 Å². The number of nitrogens with one attached hydrogen (secondary N) is 1. The van der Waals surface area contributed by atoms with Gasteiger partial charge in [0.05, 0.1) is 6.26 Å². The van der Waals surface area contributed by atoms with Crippen molar-refractivity contribution < 1.29 is 9.52 Å². The third kappa shape index (κ3) is 0.731. The van der Waals surface area contributed by atoms with Crippen LogP contribution in [0.2, 0.25) is 0 Å². The van der Waals surface area contributed by atoms with E-state index >= 15 is 0 Å². The van der Waals surface area contributed by atoms with Gasteiger partial charge in [0.2, 0.25) is 0 Å². The van der Waals surface area contributed by atoms with Crippen molar-refractivity contribution in [2.75, 3.05) is 0 Å². The fourth-order valence-corrected chi connectivity index (χ4v) is 1.66. The van der Waals surface area contributed by atoms with Gasteiger partial charge in [-0.3, -0.25) is 0 Å². The molecule has 3 nitrogen and oxygen atoms in total. The van der Waals surface area contributed by atoms with Gasteiger partial charge in [0.1, 0.15) is 0 Å². The van der Waals surface area contributed by atoms with E-state index in [9.17, 15) is 5.11 Å². The molecule has 2 heterocycles. The quantitative estimate of drug-likeness (QED) is 0.549. The molecule has 0 fully saturated rings. The van der Waals surface area contributed by atoms with Crippen LogP contribution in [-0.4, -0.2) is 10.1 Å².